The number of anilines is 1. The Labute approximate surface area is 118 Å². The standard InChI is InChI=1S/C15H19FN2O2/c1-3-10(2)17-15(20)11-8-14(19)18(9-11)13-7-5-4-6-12(13)16/h4-7,10-11H,3,8-9H2,1-2H3,(H,17,20)/t10-,11-/m0/s1. The van der Waals surface area contributed by atoms with Crippen molar-refractivity contribution in [2.45, 2.75) is 32.7 Å². The number of amides is 2. The first-order chi connectivity index (χ1) is 9.52. The lowest BCUT2D eigenvalue weighted by atomic mass is 10.1. The Kier molecular flexibility index (Phi) is 4.37. The van der Waals surface area contributed by atoms with Crippen molar-refractivity contribution in [3.63, 3.8) is 0 Å². The molecule has 0 aromatic heterocycles. The van der Waals surface area contributed by atoms with Crippen LogP contribution >= 0.6 is 0 Å². The molecule has 1 aromatic carbocycles. The molecule has 0 unspecified atom stereocenters. The van der Waals surface area contributed by atoms with Crippen LogP contribution in [0.4, 0.5) is 10.1 Å². The zero-order valence-electron chi connectivity index (χ0n) is 11.7. The Hall–Kier alpha value is -1.91. The molecular weight excluding hydrogens is 259 g/mol. The Balaban J connectivity index is 2.08. The van der Waals surface area contributed by atoms with Gasteiger partial charge in [-0.15, -0.1) is 0 Å². The summed E-state index contributed by atoms with van der Waals surface area (Å²) in [7, 11) is 0. The molecule has 4 nitrogen and oxygen atoms in total. The van der Waals surface area contributed by atoms with Crippen molar-refractivity contribution in [2.75, 3.05) is 11.4 Å². The van der Waals surface area contributed by atoms with Gasteiger partial charge in [0.05, 0.1) is 11.6 Å². The second-order valence-corrected chi connectivity index (χ2v) is 5.17. The zero-order valence-corrected chi connectivity index (χ0v) is 11.7. The van der Waals surface area contributed by atoms with Gasteiger partial charge in [-0.1, -0.05) is 19.1 Å². The van der Waals surface area contributed by atoms with Crippen molar-refractivity contribution in [1.29, 1.82) is 0 Å². The summed E-state index contributed by atoms with van der Waals surface area (Å²) < 4.78 is 13.7. The monoisotopic (exact) mass is 278 g/mol. The van der Waals surface area contributed by atoms with Crippen LogP contribution in [0.25, 0.3) is 0 Å². The van der Waals surface area contributed by atoms with Gasteiger partial charge in [0.1, 0.15) is 5.82 Å². The van der Waals surface area contributed by atoms with Gasteiger partial charge in [-0.25, -0.2) is 4.39 Å². The maximum Gasteiger partial charge on any atom is 0.227 e. The lowest BCUT2D eigenvalue weighted by molar-refractivity contribution is -0.126. The van der Waals surface area contributed by atoms with E-state index in [-0.39, 0.29) is 36.5 Å². The number of nitrogens with zero attached hydrogens (tertiary/aromatic N) is 1. The first kappa shape index (κ1) is 14.5. The molecule has 0 aliphatic carbocycles. The Bertz CT molecular complexity index is 518. The van der Waals surface area contributed by atoms with Crippen LogP contribution in [0.2, 0.25) is 0 Å². The van der Waals surface area contributed by atoms with Crippen LogP contribution in [0.15, 0.2) is 24.3 Å². The van der Waals surface area contributed by atoms with Gasteiger partial charge in [-0.3, -0.25) is 9.59 Å². The number of nitrogens with one attached hydrogen (secondary N) is 1. The predicted molar refractivity (Wildman–Crippen MR) is 74.8 cm³/mol. The molecule has 20 heavy (non-hydrogen) atoms. The number of benzene rings is 1. The molecular formula is C15H19FN2O2. The molecule has 1 fully saturated rings. The highest BCUT2D eigenvalue weighted by Crippen LogP contribution is 2.27. The minimum absolute atomic E-state index is 0.0834. The normalized spacial score (nSPS) is 20.1. The van der Waals surface area contributed by atoms with Gasteiger partial charge in [0, 0.05) is 19.0 Å². The molecule has 0 spiro atoms. The summed E-state index contributed by atoms with van der Waals surface area (Å²) in [6.45, 7) is 4.14. The summed E-state index contributed by atoms with van der Waals surface area (Å²) in [5.41, 5.74) is 0.247. The van der Waals surface area contributed by atoms with Crippen molar-refractivity contribution < 1.29 is 14.0 Å². The third-order valence-corrected chi connectivity index (χ3v) is 3.64. The zero-order chi connectivity index (χ0) is 14.7. The van der Waals surface area contributed by atoms with Gasteiger partial charge in [-0.2, -0.15) is 0 Å². The van der Waals surface area contributed by atoms with Crippen LogP contribution in [0.3, 0.4) is 0 Å². The van der Waals surface area contributed by atoms with E-state index < -0.39 is 11.7 Å². The molecule has 108 valence electrons. The molecule has 1 aliphatic rings. The molecule has 2 rings (SSSR count). The molecule has 1 heterocycles. The number of carbonyl (C=O) groups is 2. The van der Waals surface area contributed by atoms with Crippen LogP contribution in [0.5, 0.6) is 0 Å². The Morgan fingerprint density at radius 2 is 2.20 bits per heavy atom. The fourth-order valence-electron chi connectivity index (χ4n) is 2.25. The highest BCUT2D eigenvalue weighted by Gasteiger charge is 2.36. The van der Waals surface area contributed by atoms with E-state index in [4.69, 9.17) is 0 Å². The summed E-state index contributed by atoms with van der Waals surface area (Å²) in [4.78, 5) is 25.4. The topological polar surface area (TPSA) is 49.4 Å². The smallest absolute Gasteiger partial charge is 0.227 e. The van der Waals surface area contributed by atoms with E-state index in [0.29, 0.717) is 0 Å². The Morgan fingerprint density at radius 1 is 1.50 bits per heavy atom. The molecule has 5 heteroatoms. The third kappa shape index (κ3) is 2.98. The summed E-state index contributed by atoms with van der Waals surface area (Å²) in [5.74, 6) is -1.19. The van der Waals surface area contributed by atoms with Gasteiger partial charge < -0.3 is 10.2 Å². The van der Waals surface area contributed by atoms with Crippen LogP contribution in [0.1, 0.15) is 26.7 Å². The highest BCUT2D eigenvalue weighted by atomic mass is 19.1. The van der Waals surface area contributed by atoms with E-state index in [2.05, 4.69) is 5.32 Å². The molecule has 1 N–H and O–H groups in total. The quantitative estimate of drug-likeness (QED) is 0.917. The van der Waals surface area contributed by atoms with Crippen LogP contribution < -0.4 is 10.2 Å². The third-order valence-electron chi connectivity index (χ3n) is 3.64. The Morgan fingerprint density at radius 3 is 2.85 bits per heavy atom. The second-order valence-electron chi connectivity index (χ2n) is 5.17. The fourth-order valence-corrected chi connectivity index (χ4v) is 2.25. The van der Waals surface area contributed by atoms with E-state index in [0.717, 1.165) is 6.42 Å². The first-order valence-electron chi connectivity index (χ1n) is 6.88. The number of hydrogen-bond acceptors (Lipinski definition) is 2. The lowest BCUT2D eigenvalue weighted by Gasteiger charge is -2.18. The van der Waals surface area contributed by atoms with E-state index >= 15 is 0 Å². The summed E-state index contributed by atoms with van der Waals surface area (Å²) >= 11 is 0. The van der Waals surface area contributed by atoms with Gasteiger partial charge in [0.15, 0.2) is 0 Å². The van der Waals surface area contributed by atoms with E-state index in [1.165, 1.54) is 11.0 Å². The summed E-state index contributed by atoms with van der Waals surface area (Å²) in [5, 5.41) is 2.87. The van der Waals surface area contributed by atoms with Gasteiger partial charge in [0.25, 0.3) is 0 Å². The number of halogens is 1. The largest absolute Gasteiger partial charge is 0.353 e. The van der Waals surface area contributed by atoms with Crippen LogP contribution in [-0.4, -0.2) is 24.4 Å². The molecule has 0 bridgehead atoms. The predicted octanol–water partition coefficient (Wildman–Crippen LogP) is 2.09. The first-order valence-corrected chi connectivity index (χ1v) is 6.88. The SMILES string of the molecule is CC[C@H](C)NC(=O)[C@H]1CC(=O)N(c2ccccc2F)C1. The molecule has 0 saturated carbocycles. The molecule has 2 atom stereocenters. The van der Waals surface area contributed by atoms with Gasteiger partial charge in [0.2, 0.25) is 11.8 Å². The van der Waals surface area contributed by atoms with E-state index in [9.17, 15) is 14.0 Å². The molecule has 0 radical (unpaired) electrons. The van der Waals surface area contributed by atoms with E-state index in [1.54, 1.807) is 18.2 Å². The summed E-state index contributed by atoms with van der Waals surface area (Å²) in [6.07, 6.45) is 0.972. The molecule has 1 aliphatic heterocycles. The van der Waals surface area contributed by atoms with Crippen molar-refractivity contribution in [3.05, 3.63) is 30.1 Å². The van der Waals surface area contributed by atoms with Crippen molar-refractivity contribution >= 4 is 17.5 Å². The number of hydrogen-bond donors (Lipinski definition) is 1. The van der Waals surface area contributed by atoms with Crippen molar-refractivity contribution in [1.82, 2.24) is 5.32 Å². The number of carbonyl (C=O) groups excluding carboxylic acids is 2. The molecule has 2 amide bonds. The average Bonchev–Trinajstić information content (AvgIpc) is 2.81. The lowest BCUT2D eigenvalue weighted by Crippen LogP contribution is -2.38. The minimum Gasteiger partial charge on any atom is -0.353 e. The van der Waals surface area contributed by atoms with Crippen molar-refractivity contribution in [2.24, 2.45) is 5.92 Å². The van der Waals surface area contributed by atoms with Gasteiger partial charge in [-0.05, 0) is 25.5 Å². The van der Waals surface area contributed by atoms with E-state index in [1.807, 2.05) is 13.8 Å². The average molecular weight is 278 g/mol. The summed E-state index contributed by atoms with van der Waals surface area (Å²) in [6, 6.07) is 6.21. The number of para-hydroxylation sites is 1. The fraction of sp³-hybridized carbons (Fsp3) is 0.467. The minimum atomic E-state index is -0.441. The van der Waals surface area contributed by atoms with Crippen LogP contribution in [0, 0.1) is 11.7 Å². The van der Waals surface area contributed by atoms with Gasteiger partial charge >= 0.3 is 0 Å². The molecule has 1 aromatic rings. The number of rotatable bonds is 4. The van der Waals surface area contributed by atoms with Crippen LogP contribution in [-0.2, 0) is 9.59 Å². The molecule has 1 saturated heterocycles. The second kappa shape index (κ2) is 6.03. The maximum atomic E-state index is 13.7. The maximum absolute atomic E-state index is 13.7. The highest BCUT2D eigenvalue weighted by molar-refractivity contribution is 6.00. The van der Waals surface area contributed by atoms with Crippen molar-refractivity contribution in [3.8, 4) is 0 Å².